The summed E-state index contributed by atoms with van der Waals surface area (Å²) in [6, 6.07) is 6.42. The topological polar surface area (TPSA) is 153 Å². The highest BCUT2D eigenvalue weighted by molar-refractivity contribution is 5.96. The number of H-pyrrole nitrogens is 1. The van der Waals surface area contributed by atoms with E-state index in [4.69, 9.17) is 4.84 Å². The number of oxime groups is 1. The van der Waals surface area contributed by atoms with Gasteiger partial charge >= 0.3 is 5.97 Å². The van der Waals surface area contributed by atoms with Crippen LogP contribution in [0.1, 0.15) is 77.7 Å². The lowest BCUT2D eigenvalue weighted by atomic mass is 9.46. The lowest BCUT2D eigenvalue weighted by Gasteiger charge is -2.59. The highest BCUT2D eigenvalue weighted by atomic mass is 16.6. The van der Waals surface area contributed by atoms with Crippen LogP contribution in [0.25, 0.3) is 10.9 Å². The van der Waals surface area contributed by atoms with Crippen LogP contribution < -0.4 is 10.6 Å². The second kappa shape index (κ2) is 11.9. The van der Waals surface area contributed by atoms with E-state index in [2.05, 4.69) is 40.7 Å². The molecule has 0 radical (unpaired) electrons. The molecule has 5 N–H and O–H groups in total. The Hall–Kier alpha value is -3.66. The fraction of sp³-hybridized carbons (Fsp3) is 0.600. The van der Waals surface area contributed by atoms with Gasteiger partial charge in [0, 0.05) is 23.5 Å². The van der Waals surface area contributed by atoms with Gasteiger partial charge in [-0.3, -0.25) is 9.59 Å². The van der Waals surface area contributed by atoms with Crippen molar-refractivity contribution in [3.63, 3.8) is 0 Å². The zero-order chi connectivity index (χ0) is 32.0. The first kappa shape index (κ1) is 31.3. The summed E-state index contributed by atoms with van der Waals surface area (Å²) in [6.07, 6.45) is 12.2. The van der Waals surface area contributed by atoms with Crippen molar-refractivity contribution in [3.8, 4) is 0 Å². The lowest BCUT2D eigenvalue weighted by molar-refractivity contribution is -0.141. The van der Waals surface area contributed by atoms with Crippen LogP contribution >= 0.6 is 0 Å². The smallest absolute Gasteiger partial charge is 0.326 e. The van der Waals surface area contributed by atoms with Gasteiger partial charge in [-0.05, 0) is 105 Å². The number of aromatic amines is 1. The SMILES string of the molecule is C[C@]12CCC(=NOCC(=O)NCC(=O)N[C@@H](Cc3c[nH]c4ccccc34)C(=O)O)C=C1CC[C@H]1[C@H]3CC[C@](C)(O)[C@@]3(C)CC[C@@H]12. The van der Waals surface area contributed by atoms with Crippen molar-refractivity contribution in [2.24, 2.45) is 33.7 Å². The fourth-order valence-electron chi connectivity index (χ4n) is 9.26. The van der Waals surface area contributed by atoms with Crippen molar-refractivity contribution in [3.05, 3.63) is 47.7 Å². The molecule has 7 atom stereocenters. The number of carboxylic acid groups (broad SMARTS) is 1. The summed E-state index contributed by atoms with van der Waals surface area (Å²) in [4.78, 5) is 45.2. The number of carbonyl (C=O) groups excluding carboxylic acids is 2. The van der Waals surface area contributed by atoms with Gasteiger partial charge in [0.2, 0.25) is 5.91 Å². The van der Waals surface area contributed by atoms with Gasteiger partial charge in [0.1, 0.15) is 6.04 Å². The van der Waals surface area contributed by atoms with Crippen LogP contribution in [0, 0.1) is 28.6 Å². The van der Waals surface area contributed by atoms with Gasteiger partial charge in [0.25, 0.3) is 5.91 Å². The number of aliphatic carboxylic acids is 1. The highest BCUT2D eigenvalue weighted by Crippen LogP contribution is 2.67. The van der Waals surface area contributed by atoms with E-state index in [1.165, 1.54) is 5.57 Å². The quantitative estimate of drug-likeness (QED) is 0.261. The molecule has 4 aliphatic carbocycles. The largest absolute Gasteiger partial charge is 0.480 e. The minimum atomic E-state index is -1.15. The average Bonchev–Trinajstić information content (AvgIpc) is 3.52. The molecule has 2 amide bonds. The van der Waals surface area contributed by atoms with Crippen molar-refractivity contribution >= 4 is 34.4 Å². The van der Waals surface area contributed by atoms with Gasteiger partial charge in [0.05, 0.1) is 17.9 Å². The van der Waals surface area contributed by atoms with Crippen LogP contribution in [-0.4, -0.2) is 63.5 Å². The van der Waals surface area contributed by atoms with Crippen LogP contribution in [-0.2, 0) is 25.6 Å². The second-order valence-electron chi connectivity index (χ2n) is 14.4. The van der Waals surface area contributed by atoms with Crippen molar-refractivity contribution in [1.29, 1.82) is 0 Å². The number of carbonyl (C=O) groups is 3. The first-order chi connectivity index (χ1) is 21.4. The summed E-state index contributed by atoms with van der Waals surface area (Å²) >= 11 is 0. The van der Waals surface area contributed by atoms with E-state index in [0.29, 0.717) is 17.8 Å². The van der Waals surface area contributed by atoms with E-state index in [-0.39, 0.29) is 30.4 Å². The number of carboxylic acids is 1. The van der Waals surface area contributed by atoms with E-state index in [9.17, 15) is 24.6 Å². The number of nitrogens with one attached hydrogen (secondary N) is 3. The summed E-state index contributed by atoms with van der Waals surface area (Å²) in [5.74, 6) is -0.415. The first-order valence-electron chi connectivity index (χ1n) is 16.4. The number of fused-ring (bicyclic) bond motifs is 6. The molecule has 2 aromatic rings. The number of rotatable bonds is 9. The minimum Gasteiger partial charge on any atom is -0.480 e. The molecule has 0 spiro atoms. The average molecular weight is 619 g/mol. The highest BCUT2D eigenvalue weighted by Gasteiger charge is 2.62. The predicted molar refractivity (Wildman–Crippen MR) is 170 cm³/mol. The molecule has 10 heteroatoms. The summed E-state index contributed by atoms with van der Waals surface area (Å²) in [5, 5.41) is 31.0. The molecule has 3 saturated carbocycles. The number of hydrogen-bond donors (Lipinski definition) is 5. The number of amides is 2. The molecule has 10 nitrogen and oxygen atoms in total. The zero-order valence-corrected chi connectivity index (χ0v) is 26.5. The number of para-hydroxylation sites is 1. The number of aliphatic hydroxyl groups is 1. The van der Waals surface area contributed by atoms with Gasteiger partial charge in [-0.2, -0.15) is 0 Å². The molecule has 1 heterocycles. The van der Waals surface area contributed by atoms with E-state index in [1.54, 1.807) is 6.20 Å². The van der Waals surface area contributed by atoms with Crippen molar-refractivity contribution < 1.29 is 29.4 Å². The molecule has 1 aromatic carbocycles. The predicted octanol–water partition coefficient (Wildman–Crippen LogP) is 4.48. The molecule has 45 heavy (non-hydrogen) atoms. The fourth-order valence-corrected chi connectivity index (χ4v) is 9.26. The first-order valence-corrected chi connectivity index (χ1v) is 16.4. The maximum Gasteiger partial charge on any atom is 0.326 e. The Morgan fingerprint density at radius 1 is 1.04 bits per heavy atom. The Morgan fingerprint density at radius 3 is 2.62 bits per heavy atom. The Bertz CT molecular complexity index is 1540. The molecule has 0 aliphatic heterocycles. The third-order valence-corrected chi connectivity index (χ3v) is 12.1. The van der Waals surface area contributed by atoms with Crippen molar-refractivity contribution in [1.82, 2.24) is 15.6 Å². The molecule has 4 aliphatic rings. The molecular weight excluding hydrogens is 572 g/mol. The molecule has 0 bridgehead atoms. The second-order valence-corrected chi connectivity index (χ2v) is 14.4. The summed E-state index contributed by atoms with van der Waals surface area (Å²) in [5.41, 5.74) is 3.50. The van der Waals surface area contributed by atoms with Crippen molar-refractivity contribution in [2.45, 2.75) is 90.2 Å². The van der Waals surface area contributed by atoms with Gasteiger partial charge < -0.3 is 30.7 Å². The van der Waals surface area contributed by atoms with Crippen molar-refractivity contribution in [2.75, 3.05) is 13.2 Å². The van der Waals surface area contributed by atoms with Gasteiger partial charge in [-0.1, -0.05) is 42.8 Å². The lowest BCUT2D eigenvalue weighted by Crippen LogP contribution is -2.53. The third-order valence-electron chi connectivity index (χ3n) is 12.1. The van der Waals surface area contributed by atoms with Gasteiger partial charge in [0.15, 0.2) is 6.61 Å². The maximum absolute atomic E-state index is 12.5. The number of aromatic nitrogens is 1. The molecule has 6 rings (SSSR count). The van der Waals surface area contributed by atoms with Crippen LogP contribution in [0.2, 0.25) is 0 Å². The van der Waals surface area contributed by atoms with E-state index < -0.39 is 29.4 Å². The Labute approximate surface area is 264 Å². The van der Waals surface area contributed by atoms with E-state index in [1.807, 2.05) is 31.2 Å². The normalized spacial score (nSPS) is 33.8. The maximum atomic E-state index is 12.5. The number of nitrogens with zero attached hydrogens (tertiary/aromatic N) is 1. The molecule has 1 aromatic heterocycles. The van der Waals surface area contributed by atoms with E-state index in [0.717, 1.165) is 73.5 Å². The summed E-state index contributed by atoms with van der Waals surface area (Å²) in [6.45, 7) is 6.08. The van der Waals surface area contributed by atoms with Gasteiger partial charge in [-0.25, -0.2) is 4.79 Å². The Balaban J connectivity index is 0.982. The van der Waals surface area contributed by atoms with Crippen LogP contribution in [0.5, 0.6) is 0 Å². The molecule has 242 valence electrons. The number of hydrogen-bond acceptors (Lipinski definition) is 6. The molecule has 0 saturated heterocycles. The molecule has 3 fully saturated rings. The molecular formula is C35H46N4O6. The molecule has 0 unspecified atom stereocenters. The number of benzene rings is 1. The third kappa shape index (κ3) is 5.77. The monoisotopic (exact) mass is 618 g/mol. The Kier molecular flexibility index (Phi) is 8.31. The van der Waals surface area contributed by atoms with Crippen LogP contribution in [0.3, 0.4) is 0 Å². The summed E-state index contributed by atoms with van der Waals surface area (Å²) < 4.78 is 0. The zero-order valence-electron chi connectivity index (χ0n) is 26.5. The summed E-state index contributed by atoms with van der Waals surface area (Å²) in [7, 11) is 0. The van der Waals surface area contributed by atoms with E-state index >= 15 is 0 Å². The van der Waals surface area contributed by atoms with Gasteiger partial charge in [-0.15, -0.1) is 0 Å². The Morgan fingerprint density at radius 2 is 1.82 bits per heavy atom. The minimum absolute atomic E-state index is 0.0119. The van der Waals surface area contributed by atoms with Crippen LogP contribution in [0.4, 0.5) is 0 Å². The standard InChI is InChI=1S/C35H46N4O6/c1-33-13-10-23(17-22(33)8-9-25-26(33)11-14-34(2)27(25)12-15-35(34,3)44)39-45-20-31(41)37-19-30(40)38-29(32(42)43)16-21-18-36-28-7-5-4-6-24(21)28/h4-7,17-18,25-27,29,36,44H,8-16,19-20H2,1-3H3,(H,37,41)(H,38,40)(H,42,43)/t25-,26+,27-,29+,33+,34+,35+/m1/s1. The number of allylic oxidation sites excluding steroid dienone is 2. The van der Waals surface area contributed by atoms with Crippen LogP contribution in [0.15, 0.2) is 47.3 Å².